The summed E-state index contributed by atoms with van der Waals surface area (Å²) < 4.78 is 0. The summed E-state index contributed by atoms with van der Waals surface area (Å²) in [6.45, 7) is 16.6. The van der Waals surface area contributed by atoms with E-state index in [2.05, 4.69) is 31.3 Å². The predicted octanol–water partition coefficient (Wildman–Crippen LogP) is 4.00. The van der Waals surface area contributed by atoms with Gasteiger partial charge in [-0.05, 0) is 24.6 Å². The van der Waals surface area contributed by atoms with Crippen LogP contribution in [0.2, 0.25) is 0 Å². The van der Waals surface area contributed by atoms with Crippen LogP contribution >= 0.6 is 0 Å². The summed E-state index contributed by atoms with van der Waals surface area (Å²) in [6.07, 6.45) is 10.5. The van der Waals surface area contributed by atoms with Crippen LogP contribution in [-0.4, -0.2) is 5.71 Å². The lowest BCUT2D eigenvalue weighted by molar-refractivity contribution is 1.34. The van der Waals surface area contributed by atoms with Gasteiger partial charge in [-0.1, -0.05) is 50.6 Å². The lowest BCUT2D eigenvalue weighted by Crippen LogP contribution is -1.89. The molecule has 0 atom stereocenters. The lowest BCUT2D eigenvalue weighted by atomic mass is 10.1. The van der Waals surface area contributed by atoms with Gasteiger partial charge in [-0.25, -0.2) is 0 Å². The third-order valence-corrected chi connectivity index (χ3v) is 1.68. The maximum Gasteiger partial charge on any atom is 0.0704 e. The van der Waals surface area contributed by atoms with Crippen molar-refractivity contribution in [2.75, 3.05) is 0 Å². The molecule has 0 aromatic rings. The van der Waals surface area contributed by atoms with E-state index in [-0.39, 0.29) is 0 Å². The molecule has 0 heterocycles. The van der Waals surface area contributed by atoms with Crippen molar-refractivity contribution in [3.63, 3.8) is 0 Å². The van der Waals surface area contributed by atoms with Gasteiger partial charge in [0.25, 0.3) is 0 Å². The van der Waals surface area contributed by atoms with Crippen LogP contribution in [0.25, 0.3) is 0 Å². The second kappa shape index (κ2) is 7.51. The Kier molecular flexibility index (Phi) is 6.56. The van der Waals surface area contributed by atoms with Gasteiger partial charge in [0.2, 0.25) is 0 Å². The van der Waals surface area contributed by atoms with Crippen LogP contribution in [-0.2, 0) is 0 Å². The molecule has 0 aliphatic rings. The SMILES string of the molecule is C=C\C=C(C=C)/C(=C\C=C)/N=C(/C)C=C. The molecule has 0 N–H and O–H groups in total. The minimum absolute atomic E-state index is 0.803. The molecule has 0 spiro atoms. The van der Waals surface area contributed by atoms with Crippen LogP contribution in [0.3, 0.4) is 0 Å². The number of rotatable bonds is 6. The van der Waals surface area contributed by atoms with E-state index in [1.54, 1.807) is 24.3 Å². The van der Waals surface area contributed by atoms with Crippen LogP contribution in [0.15, 0.2) is 79.0 Å². The van der Waals surface area contributed by atoms with Crippen molar-refractivity contribution < 1.29 is 0 Å². The fourth-order valence-corrected chi connectivity index (χ4v) is 0.930. The van der Waals surface area contributed by atoms with E-state index >= 15 is 0 Å². The molecule has 1 heteroatoms. The molecule has 0 unspecified atom stereocenters. The molecule has 0 bridgehead atoms. The van der Waals surface area contributed by atoms with Crippen molar-refractivity contribution in [1.29, 1.82) is 0 Å². The number of hydrogen-bond acceptors (Lipinski definition) is 1. The van der Waals surface area contributed by atoms with Crippen molar-refractivity contribution in [2.45, 2.75) is 6.92 Å². The Morgan fingerprint density at radius 1 is 0.933 bits per heavy atom. The molecule has 0 radical (unpaired) electrons. The van der Waals surface area contributed by atoms with E-state index in [0.29, 0.717) is 0 Å². The average Bonchev–Trinajstić information content (AvgIpc) is 2.25. The van der Waals surface area contributed by atoms with Gasteiger partial charge in [0, 0.05) is 5.71 Å². The summed E-state index contributed by atoms with van der Waals surface area (Å²) >= 11 is 0. The van der Waals surface area contributed by atoms with Crippen molar-refractivity contribution in [3.8, 4) is 0 Å². The molecule has 0 aliphatic heterocycles. The fraction of sp³-hybridized carbons (Fsp3) is 0.0714. The van der Waals surface area contributed by atoms with Crippen molar-refractivity contribution in [1.82, 2.24) is 0 Å². The van der Waals surface area contributed by atoms with E-state index in [0.717, 1.165) is 17.0 Å². The summed E-state index contributed by atoms with van der Waals surface area (Å²) in [5, 5.41) is 0. The highest BCUT2D eigenvalue weighted by Gasteiger charge is 1.97. The normalized spacial score (nSPS) is 13.3. The number of nitrogens with zero attached hydrogens (tertiary/aromatic N) is 1. The molecule has 0 saturated heterocycles. The zero-order valence-corrected chi connectivity index (χ0v) is 9.24. The molecule has 15 heavy (non-hydrogen) atoms. The molecular formula is C14H17N. The van der Waals surface area contributed by atoms with E-state index in [9.17, 15) is 0 Å². The van der Waals surface area contributed by atoms with Crippen molar-refractivity contribution in [3.05, 3.63) is 74.0 Å². The Morgan fingerprint density at radius 2 is 1.53 bits per heavy atom. The summed E-state index contributed by atoms with van der Waals surface area (Å²) in [5.41, 5.74) is 2.56. The molecule has 0 aromatic heterocycles. The van der Waals surface area contributed by atoms with Crippen molar-refractivity contribution in [2.24, 2.45) is 4.99 Å². The highest BCUT2D eigenvalue weighted by atomic mass is 14.7. The second-order valence-electron chi connectivity index (χ2n) is 2.81. The first-order chi connectivity index (χ1) is 7.19. The number of hydrogen-bond donors (Lipinski definition) is 0. The van der Waals surface area contributed by atoms with E-state index in [1.165, 1.54) is 0 Å². The van der Waals surface area contributed by atoms with E-state index < -0.39 is 0 Å². The standard InChI is InChI=1S/C14H17N/c1-6-10-13(9-4)14(11-7-2)15-12(5)8-3/h6-11H,1-4H2,5H3/b13-10-,14-11+,15-12-. The van der Waals surface area contributed by atoms with Gasteiger partial charge in [-0.15, -0.1) is 0 Å². The van der Waals surface area contributed by atoms with Gasteiger partial charge in [0.05, 0.1) is 5.70 Å². The van der Waals surface area contributed by atoms with Gasteiger partial charge in [-0.3, -0.25) is 4.99 Å². The second-order valence-corrected chi connectivity index (χ2v) is 2.81. The van der Waals surface area contributed by atoms with Gasteiger partial charge < -0.3 is 0 Å². The van der Waals surface area contributed by atoms with Gasteiger partial charge >= 0.3 is 0 Å². The lowest BCUT2D eigenvalue weighted by Gasteiger charge is -2.02. The Hall–Kier alpha value is -1.89. The third kappa shape index (κ3) is 4.77. The van der Waals surface area contributed by atoms with Gasteiger partial charge in [0.1, 0.15) is 0 Å². The Morgan fingerprint density at radius 3 is 1.93 bits per heavy atom. The summed E-state index contributed by atoms with van der Waals surface area (Å²) in [5.74, 6) is 0. The Labute approximate surface area is 92.2 Å². The van der Waals surface area contributed by atoms with Crippen LogP contribution < -0.4 is 0 Å². The molecular weight excluding hydrogens is 182 g/mol. The van der Waals surface area contributed by atoms with E-state index in [4.69, 9.17) is 0 Å². The zero-order valence-electron chi connectivity index (χ0n) is 9.24. The zero-order chi connectivity index (χ0) is 11.7. The quantitative estimate of drug-likeness (QED) is 0.453. The number of allylic oxidation sites excluding steroid dienone is 6. The topological polar surface area (TPSA) is 12.4 Å². The first-order valence-electron chi connectivity index (χ1n) is 4.65. The molecule has 0 aliphatic carbocycles. The van der Waals surface area contributed by atoms with Crippen molar-refractivity contribution >= 4 is 5.71 Å². The molecule has 0 fully saturated rings. The highest BCUT2D eigenvalue weighted by Crippen LogP contribution is 2.13. The van der Waals surface area contributed by atoms with Gasteiger partial charge in [-0.2, -0.15) is 0 Å². The smallest absolute Gasteiger partial charge is 0.0704 e. The van der Waals surface area contributed by atoms with Crippen LogP contribution in [0.1, 0.15) is 6.92 Å². The Balaban J connectivity index is 5.31. The maximum atomic E-state index is 4.38. The fourth-order valence-electron chi connectivity index (χ4n) is 0.930. The summed E-state index contributed by atoms with van der Waals surface area (Å²) in [6, 6.07) is 0. The predicted molar refractivity (Wildman–Crippen MR) is 70.1 cm³/mol. The first kappa shape index (κ1) is 13.1. The third-order valence-electron chi connectivity index (χ3n) is 1.68. The first-order valence-corrected chi connectivity index (χ1v) is 4.65. The molecule has 0 amide bonds. The van der Waals surface area contributed by atoms with Crippen LogP contribution in [0.4, 0.5) is 0 Å². The van der Waals surface area contributed by atoms with Crippen LogP contribution in [0, 0.1) is 0 Å². The number of aliphatic imine (C=N–C) groups is 1. The van der Waals surface area contributed by atoms with Crippen LogP contribution in [0.5, 0.6) is 0 Å². The monoisotopic (exact) mass is 199 g/mol. The van der Waals surface area contributed by atoms with E-state index in [1.807, 2.05) is 19.1 Å². The van der Waals surface area contributed by atoms with Gasteiger partial charge in [0.15, 0.2) is 0 Å². The molecule has 0 rings (SSSR count). The summed E-state index contributed by atoms with van der Waals surface area (Å²) in [7, 11) is 0. The molecule has 0 saturated carbocycles. The minimum Gasteiger partial charge on any atom is -0.253 e. The maximum absolute atomic E-state index is 4.38. The molecule has 1 nitrogen and oxygen atoms in total. The largest absolute Gasteiger partial charge is 0.253 e. The summed E-state index contributed by atoms with van der Waals surface area (Å²) in [4.78, 5) is 4.38. The minimum atomic E-state index is 0.803. The highest BCUT2D eigenvalue weighted by molar-refractivity contribution is 5.93. The average molecular weight is 199 g/mol. The Bertz CT molecular complexity index is 352. The molecule has 78 valence electrons. The molecule has 0 aromatic carbocycles.